The standard InChI is InChI=1S/C31H25F6N3O4S/c1-17(2)29-39-27(28(43-29)19-8-11-22(12-9-19)44-31(35,36)37)24-15-21(20-6-5-7-23(14-20)45(4,41)42)10-13-25(24)40-16-26(30(32,33)34)38-18(40)3/h5-17H,1-4H3. The van der Waals surface area contributed by atoms with E-state index in [1.807, 2.05) is 13.8 Å². The zero-order valence-electron chi connectivity index (χ0n) is 24.2. The molecule has 0 aliphatic heterocycles. The van der Waals surface area contributed by atoms with Gasteiger partial charge in [0.15, 0.2) is 27.2 Å². The third-order valence-electron chi connectivity index (χ3n) is 6.77. The molecule has 0 aliphatic rings. The number of hydrogen-bond donors (Lipinski definition) is 0. The lowest BCUT2D eigenvalue weighted by atomic mass is 9.98. The van der Waals surface area contributed by atoms with E-state index in [4.69, 9.17) is 4.42 Å². The molecule has 5 aromatic rings. The van der Waals surface area contributed by atoms with Gasteiger partial charge in [-0.15, -0.1) is 13.2 Å². The lowest BCUT2D eigenvalue weighted by Crippen LogP contribution is -2.16. The van der Waals surface area contributed by atoms with Crippen molar-refractivity contribution in [3.63, 3.8) is 0 Å². The molecule has 2 heterocycles. The van der Waals surface area contributed by atoms with Crippen LogP contribution in [0.5, 0.6) is 5.75 Å². The summed E-state index contributed by atoms with van der Waals surface area (Å²) in [5.74, 6) is -0.259. The van der Waals surface area contributed by atoms with Crippen LogP contribution in [0.25, 0.3) is 39.4 Å². The van der Waals surface area contributed by atoms with E-state index in [9.17, 15) is 34.8 Å². The van der Waals surface area contributed by atoms with Crippen molar-refractivity contribution in [2.24, 2.45) is 0 Å². The molecule has 0 amide bonds. The zero-order valence-corrected chi connectivity index (χ0v) is 25.0. The monoisotopic (exact) mass is 649 g/mol. The molecule has 0 bridgehead atoms. The summed E-state index contributed by atoms with van der Waals surface area (Å²) in [5.41, 5.74) is 0.982. The Hall–Kier alpha value is -4.59. The van der Waals surface area contributed by atoms with E-state index in [1.165, 1.54) is 35.8 Å². The Morgan fingerprint density at radius 1 is 0.867 bits per heavy atom. The van der Waals surface area contributed by atoms with Crippen LogP contribution in [-0.2, 0) is 16.0 Å². The number of aryl methyl sites for hydroxylation is 1. The first-order valence-electron chi connectivity index (χ1n) is 13.4. The average Bonchev–Trinajstić information content (AvgIpc) is 3.56. The van der Waals surface area contributed by atoms with Crippen molar-refractivity contribution in [1.29, 1.82) is 0 Å². The molecule has 0 saturated heterocycles. The van der Waals surface area contributed by atoms with E-state index >= 15 is 0 Å². The third-order valence-corrected chi connectivity index (χ3v) is 7.88. The molecule has 236 valence electrons. The molecular formula is C31H25F6N3O4S. The molecule has 0 N–H and O–H groups in total. The van der Waals surface area contributed by atoms with Crippen LogP contribution < -0.4 is 4.74 Å². The number of imidazole rings is 1. The summed E-state index contributed by atoms with van der Waals surface area (Å²) in [6, 6.07) is 15.9. The van der Waals surface area contributed by atoms with Crippen LogP contribution in [0.3, 0.4) is 0 Å². The molecule has 0 radical (unpaired) electrons. The van der Waals surface area contributed by atoms with E-state index in [0.29, 0.717) is 22.3 Å². The second-order valence-corrected chi connectivity index (χ2v) is 12.5. The van der Waals surface area contributed by atoms with Gasteiger partial charge in [-0.05, 0) is 66.6 Å². The molecule has 0 aliphatic carbocycles. The van der Waals surface area contributed by atoms with Crippen LogP contribution in [0, 0.1) is 6.92 Å². The summed E-state index contributed by atoms with van der Waals surface area (Å²) < 4.78 is 115. The summed E-state index contributed by atoms with van der Waals surface area (Å²) in [6.45, 7) is 5.03. The average molecular weight is 650 g/mol. The highest BCUT2D eigenvalue weighted by Gasteiger charge is 2.35. The largest absolute Gasteiger partial charge is 0.573 e. The summed E-state index contributed by atoms with van der Waals surface area (Å²) >= 11 is 0. The maximum atomic E-state index is 13.6. The maximum Gasteiger partial charge on any atom is 0.573 e. The number of benzene rings is 3. The Morgan fingerprint density at radius 3 is 2.09 bits per heavy atom. The van der Waals surface area contributed by atoms with Gasteiger partial charge in [0, 0.05) is 29.5 Å². The Bertz CT molecular complexity index is 1980. The summed E-state index contributed by atoms with van der Waals surface area (Å²) in [4.78, 5) is 8.42. The Morgan fingerprint density at radius 2 is 1.51 bits per heavy atom. The predicted molar refractivity (Wildman–Crippen MR) is 154 cm³/mol. The number of oxazole rings is 1. The first kappa shape index (κ1) is 31.8. The minimum Gasteiger partial charge on any atom is -0.440 e. The van der Waals surface area contributed by atoms with E-state index < -0.39 is 33.8 Å². The van der Waals surface area contributed by atoms with Crippen molar-refractivity contribution in [3.05, 3.63) is 90.3 Å². The van der Waals surface area contributed by atoms with Gasteiger partial charge in [0.25, 0.3) is 0 Å². The van der Waals surface area contributed by atoms with Gasteiger partial charge in [0.2, 0.25) is 0 Å². The molecule has 0 atom stereocenters. The van der Waals surface area contributed by atoms with Crippen molar-refractivity contribution < 1.29 is 43.9 Å². The van der Waals surface area contributed by atoms with Crippen molar-refractivity contribution in [2.75, 3.05) is 6.26 Å². The number of sulfone groups is 1. The number of halogens is 6. The minimum atomic E-state index is -4.90. The van der Waals surface area contributed by atoms with Gasteiger partial charge in [0.1, 0.15) is 17.3 Å². The Kier molecular flexibility index (Phi) is 8.06. The van der Waals surface area contributed by atoms with Gasteiger partial charge in [-0.25, -0.2) is 18.4 Å². The van der Waals surface area contributed by atoms with Crippen LogP contribution in [0.15, 0.2) is 82.2 Å². The van der Waals surface area contributed by atoms with Gasteiger partial charge in [0.05, 0.1) is 10.6 Å². The molecule has 2 aromatic heterocycles. The molecule has 3 aromatic carbocycles. The minimum absolute atomic E-state index is 0.0261. The first-order chi connectivity index (χ1) is 20.9. The van der Waals surface area contributed by atoms with E-state index in [-0.39, 0.29) is 39.7 Å². The number of ether oxygens (including phenoxy) is 1. The second kappa shape index (κ2) is 11.4. The van der Waals surface area contributed by atoms with Crippen molar-refractivity contribution >= 4 is 9.84 Å². The quantitative estimate of drug-likeness (QED) is 0.164. The van der Waals surface area contributed by atoms with Crippen LogP contribution in [0.2, 0.25) is 0 Å². The van der Waals surface area contributed by atoms with Crippen molar-refractivity contribution in [3.8, 4) is 45.1 Å². The van der Waals surface area contributed by atoms with Gasteiger partial charge < -0.3 is 13.7 Å². The Balaban J connectivity index is 1.76. The van der Waals surface area contributed by atoms with Crippen molar-refractivity contribution in [2.45, 2.75) is 44.1 Å². The topological polar surface area (TPSA) is 87.2 Å². The number of rotatable bonds is 7. The van der Waals surface area contributed by atoms with E-state index in [1.54, 1.807) is 30.3 Å². The van der Waals surface area contributed by atoms with Gasteiger partial charge in [-0.3, -0.25) is 0 Å². The highest BCUT2D eigenvalue weighted by atomic mass is 32.2. The number of aromatic nitrogens is 3. The molecule has 0 saturated carbocycles. The number of nitrogens with zero attached hydrogens (tertiary/aromatic N) is 3. The highest BCUT2D eigenvalue weighted by molar-refractivity contribution is 7.90. The molecule has 0 fully saturated rings. The molecule has 0 spiro atoms. The third kappa shape index (κ3) is 6.90. The number of alkyl halides is 6. The van der Waals surface area contributed by atoms with Crippen LogP contribution >= 0.6 is 0 Å². The van der Waals surface area contributed by atoms with Crippen LogP contribution in [-0.4, -0.2) is 35.6 Å². The summed E-state index contributed by atoms with van der Waals surface area (Å²) in [6.07, 6.45) is -7.69. The second-order valence-electron chi connectivity index (χ2n) is 10.5. The molecule has 14 heteroatoms. The Labute approximate surface area is 254 Å². The first-order valence-corrected chi connectivity index (χ1v) is 15.3. The fraction of sp³-hybridized carbons (Fsp3) is 0.226. The maximum absolute atomic E-state index is 13.6. The fourth-order valence-electron chi connectivity index (χ4n) is 4.64. The van der Waals surface area contributed by atoms with Crippen LogP contribution in [0.1, 0.15) is 37.2 Å². The molecule has 45 heavy (non-hydrogen) atoms. The van der Waals surface area contributed by atoms with Gasteiger partial charge in [-0.2, -0.15) is 13.2 Å². The van der Waals surface area contributed by atoms with Gasteiger partial charge in [-0.1, -0.05) is 32.0 Å². The molecular weight excluding hydrogens is 624 g/mol. The normalized spacial score (nSPS) is 12.6. The highest BCUT2D eigenvalue weighted by Crippen LogP contribution is 2.41. The van der Waals surface area contributed by atoms with E-state index in [0.717, 1.165) is 24.6 Å². The molecule has 7 nitrogen and oxygen atoms in total. The summed E-state index contributed by atoms with van der Waals surface area (Å²) in [7, 11) is -3.55. The van der Waals surface area contributed by atoms with E-state index in [2.05, 4.69) is 14.7 Å². The number of hydrogen-bond acceptors (Lipinski definition) is 6. The van der Waals surface area contributed by atoms with Crippen molar-refractivity contribution in [1.82, 2.24) is 14.5 Å². The fourth-order valence-corrected chi connectivity index (χ4v) is 5.31. The zero-order chi connectivity index (χ0) is 32.9. The van der Waals surface area contributed by atoms with Crippen LogP contribution in [0.4, 0.5) is 26.3 Å². The lowest BCUT2D eigenvalue weighted by molar-refractivity contribution is -0.274. The smallest absolute Gasteiger partial charge is 0.440 e. The summed E-state index contributed by atoms with van der Waals surface area (Å²) in [5, 5.41) is 0. The SMILES string of the molecule is Cc1nc(C(F)(F)F)cn1-c1ccc(-c2cccc(S(C)(=O)=O)c2)cc1-c1nc(C(C)C)oc1-c1ccc(OC(F)(F)F)cc1. The van der Waals surface area contributed by atoms with Gasteiger partial charge >= 0.3 is 12.5 Å². The predicted octanol–water partition coefficient (Wildman–Crippen LogP) is 8.61. The molecule has 5 rings (SSSR count). The lowest BCUT2D eigenvalue weighted by Gasteiger charge is -2.14. The molecule has 0 unspecified atom stereocenters.